The van der Waals surface area contributed by atoms with Gasteiger partial charge in [-0.15, -0.1) is 0 Å². The van der Waals surface area contributed by atoms with Crippen LogP contribution < -0.4 is 10.1 Å². The van der Waals surface area contributed by atoms with E-state index >= 15 is 0 Å². The summed E-state index contributed by atoms with van der Waals surface area (Å²) in [6.45, 7) is 4.59. The van der Waals surface area contributed by atoms with Crippen molar-refractivity contribution < 1.29 is 19.4 Å². The lowest BCUT2D eigenvalue weighted by Crippen LogP contribution is -2.13. The highest BCUT2D eigenvalue weighted by Crippen LogP contribution is 2.30. The molecule has 0 heterocycles. The molecule has 0 bridgehead atoms. The zero-order chi connectivity index (χ0) is 18.6. The summed E-state index contributed by atoms with van der Waals surface area (Å²) in [7, 11) is 0. The lowest BCUT2D eigenvalue weighted by molar-refractivity contribution is 0.0696. The summed E-state index contributed by atoms with van der Waals surface area (Å²) in [5, 5.41) is 11.9. The van der Waals surface area contributed by atoms with Gasteiger partial charge in [0.1, 0.15) is 5.75 Å². The van der Waals surface area contributed by atoms with Crippen LogP contribution in [0.3, 0.4) is 0 Å². The number of carboxylic acid groups (broad SMARTS) is 1. The van der Waals surface area contributed by atoms with Gasteiger partial charge in [0.05, 0.1) is 27.9 Å². The number of carbonyl (C=O) groups excluding carboxylic acids is 1. The first-order chi connectivity index (χ1) is 11.8. The second-order valence-corrected chi connectivity index (χ2v) is 6.62. The largest absolute Gasteiger partial charge is 0.493 e. The van der Waals surface area contributed by atoms with Crippen LogP contribution in [0.25, 0.3) is 0 Å². The Bertz CT molecular complexity index is 806. The van der Waals surface area contributed by atoms with Crippen molar-refractivity contribution in [2.24, 2.45) is 5.92 Å². The van der Waals surface area contributed by atoms with Gasteiger partial charge in [0.25, 0.3) is 5.91 Å². The molecule has 0 atom stereocenters. The van der Waals surface area contributed by atoms with E-state index in [1.807, 2.05) is 13.8 Å². The highest BCUT2D eigenvalue weighted by atomic mass is 35.5. The number of carboxylic acids is 1. The molecule has 2 N–H and O–H groups in total. The third-order valence-corrected chi connectivity index (χ3v) is 3.84. The molecule has 0 aliphatic heterocycles. The molecule has 0 spiro atoms. The molecule has 5 nitrogen and oxygen atoms in total. The molecule has 2 aromatic rings. The van der Waals surface area contributed by atoms with E-state index in [2.05, 4.69) is 5.32 Å². The van der Waals surface area contributed by atoms with Crippen LogP contribution in [0.15, 0.2) is 36.4 Å². The molecule has 0 aliphatic rings. The SMILES string of the molecule is CC(C)COc1cccc(C(=O)Nc2cc(C(=O)O)c(Cl)cc2Cl)c1. The molecule has 2 rings (SSSR count). The summed E-state index contributed by atoms with van der Waals surface area (Å²) in [5.41, 5.74) is 0.390. The first kappa shape index (κ1) is 19.1. The molecule has 0 saturated heterocycles. The van der Waals surface area contributed by atoms with Crippen molar-refractivity contribution in [1.82, 2.24) is 0 Å². The van der Waals surface area contributed by atoms with Crippen LogP contribution in [0, 0.1) is 5.92 Å². The molecule has 0 aliphatic carbocycles. The van der Waals surface area contributed by atoms with Gasteiger partial charge in [-0.3, -0.25) is 4.79 Å². The van der Waals surface area contributed by atoms with E-state index in [9.17, 15) is 9.59 Å². The van der Waals surface area contributed by atoms with Gasteiger partial charge in [0, 0.05) is 5.56 Å². The minimum absolute atomic E-state index is 0.000387. The van der Waals surface area contributed by atoms with Crippen molar-refractivity contribution >= 4 is 40.8 Å². The van der Waals surface area contributed by atoms with Gasteiger partial charge in [-0.05, 0) is 36.2 Å². The zero-order valence-corrected chi connectivity index (χ0v) is 15.2. The number of benzene rings is 2. The molecular weight excluding hydrogens is 365 g/mol. The van der Waals surface area contributed by atoms with Crippen molar-refractivity contribution in [3.8, 4) is 5.75 Å². The number of carbonyl (C=O) groups is 2. The number of aromatic carboxylic acids is 1. The quantitative estimate of drug-likeness (QED) is 0.739. The Morgan fingerprint density at radius 3 is 2.52 bits per heavy atom. The van der Waals surface area contributed by atoms with E-state index < -0.39 is 11.9 Å². The minimum Gasteiger partial charge on any atom is -0.493 e. The molecule has 0 aromatic heterocycles. The number of halogens is 2. The average Bonchev–Trinajstić information content (AvgIpc) is 2.55. The molecule has 0 saturated carbocycles. The van der Waals surface area contributed by atoms with E-state index in [-0.39, 0.29) is 21.3 Å². The molecule has 2 aromatic carbocycles. The van der Waals surface area contributed by atoms with Crippen molar-refractivity contribution in [1.29, 1.82) is 0 Å². The van der Waals surface area contributed by atoms with Crippen LogP contribution in [0.5, 0.6) is 5.75 Å². The normalized spacial score (nSPS) is 10.6. The predicted molar refractivity (Wildman–Crippen MR) is 98.1 cm³/mol. The fraction of sp³-hybridized carbons (Fsp3) is 0.222. The van der Waals surface area contributed by atoms with Gasteiger partial charge in [-0.25, -0.2) is 4.79 Å². The molecular formula is C18H17Cl2NO4. The Balaban J connectivity index is 2.21. The van der Waals surface area contributed by atoms with Crippen molar-refractivity contribution in [2.45, 2.75) is 13.8 Å². The second kappa shape index (κ2) is 8.23. The second-order valence-electron chi connectivity index (χ2n) is 5.80. The number of amides is 1. The highest BCUT2D eigenvalue weighted by Gasteiger charge is 2.15. The molecule has 7 heteroatoms. The van der Waals surface area contributed by atoms with Crippen LogP contribution in [0.1, 0.15) is 34.6 Å². The molecule has 0 fully saturated rings. The topological polar surface area (TPSA) is 75.6 Å². The predicted octanol–water partition coefficient (Wildman–Crippen LogP) is 4.98. The lowest BCUT2D eigenvalue weighted by atomic mass is 10.1. The maximum atomic E-state index is 12.4. The maximum Gasteiger partial charge on any atom is 0.337 e. The van der Waals surface area contributed by atoms with Gasteiger partial charge < -0.3 is 15.2 Å². The molecule has 1 amide bonds. The number of anilines is 1. The van der Waals surface area contributed by atoms with E-state index in [1.165, 1.54) is 12.1 Å². The van der Waals surface area contributed by atoms with Crippen LogP contribution in [0.4, 0.5) is 5.69 Å². The van der Waals surface area contributed by atoms with Gasteiger partial charge in [-0.1, -0.05) is 43.1 Å². The smallest absolute Gasteiger partial charge is 0.337 e. The summed E-state index contributed by atoms with van der Waals surface area (Å²) in [5.74, 6) is -0.702. The number of ether oxygens (including phenoxy) is 1. The Morgan fingerprint density at radius 1 is 1.16 bits per heavy atom. The van der Waals surface area contributed by atoms with E-state index in [0.717, 1.165) is 0 Å². The lowest BCUT2D eigenvalue weighted by Gasteiger charge is -2.12. The third-order valence-electron chi connectivity index (χ3n) is 3.21. The van der Waals surface area contributed by atoms with E-state index in [0.29, 0.717) is 23.8 Å². The average molecular weight is 382 g/mol. The van der Waals surface area contributed by atoms with Gasteiger partial charge >= 0.3 is 5.97 Å². The van der Waals surface area contributed by atoms with Crippen LogP contribution in [0.2, 0.25) is 10.0 Å². The minimum atomic E-state index is -1.21. The Morgan fingerprint density at radius 2 is 1.88 bits per heavy atom. The first-order valence-corrected chi connectivity index (χ1v) is 8.30. The van der Waals surface area contributed by atoms with Crippen LogP contribution >= 0.6 is 23.2 Å². The Labute approximate surface area is 155 Å². The summed E-state index contributed by atoms with van der Waals surface area (Å²) in [6.07, 6.45) is 0. The monoisotopic (exact) mass is 381 g/mol. The van der Waals surface area contributed by atoms with Crippen LogP contribution in [-0.4, -0.2) is 23.6 Å². The number of hydrogen-bond acceptors (Lipinski definition) is 3. The summed E-state index contributed by atoms with van der Waals surface area (Å²) in [6, 6.07) is 9.21. The molecule has 0 unspecified atom stereocenters. The Hall–Kier alpha value is -2.24. The summed E-state index contributed by atoms with van der Waals surface area (Å²) >= 11 is 11.9. The fourth-order valence-electron chi connectivity index (χ4n) is 1.99. The van der Waals surface area contributed by atoms with Gasteiger partial charge in [-0.2, -0.15) is 0 Å². The third kappa shape index (κ3) is 5.11. The van der Waals surface area contributed by atoms with Crippen molar-refractivity contribution in [3.63, 3.8) is 0 Å². The number of nitrogens with one attached hydrogen (secondary N) is 1. The highest BCUT2D eigenvalue weighted by molar-refractivity contribution is 6.38. The number of hydrogen-bond donors (Lipinski definition) is 2. The van der Waals surface area contributed by atoms with Crippen LogP contribution in [-0.2, 0) is 0 Å². The van der Waals surface area contributed by atoms with Gasteiger partial charge in [0.15, 0.2) is 0 Å². The first-order valence-electron chi connectivity index (χ1n) is 7.54. The summed E-state index contributed by atoms with van der Waals surface area (Å²) < 4.78 is 5.60. The standard InChI is InChI=1S/C18H17Cl2NO4/c1-10(2)9-25-12-5-3-4-11(6-12)17(22)21-16-7-13(18(23)24)14(19)8-15(16)20/h3-8,10H,9H2,1-2H3,(H,21,22)(H,23,24). The van der Waals surface area contributed by atoms with Gasteiger partial charge in [0.2, 0.25) is 0 Å². The zero-order valence-electron chi connectivity index (χ0n) is 13.7. The molecule has 132 valence electrons. The van der Waals surface area contributed by atoms with E-state index in [1.54, 1.807) is 24.3 Å². The fourth-order valence-corrected chi connectivity index (χ4v) is 2.50. The summed E-state index contributed by atoms with van der Waals surface area (Å²) in [4.78, 5) is 23.6. The van der Waals surface area contributed by atoms with Crippen molar-refractivity contribution in [2.75, 3.05) is 11.9 Å². The van der Waals surface area contributed by atoms with Crippen molar-refractivity contribution in [3.05, 3.63) is 57.6 Å². The molecule has 25 heavy (non-hydrogen) atoms. The maximum absolute atomic E-state index is 12.4. The van der Waals surface area contributed by atoms with E-state index in [4.69, 9.17) is 33.0 Å². The number of rotatable bonds is 6. The Kier molecular flexibility index (Phi) is 6.28. The molecule has 0 radical (unpaired) electrons.